The van der Waals surface area contributed by atoms with Gasteiger partial charge in [0.05, 0.1) is 6.10 Å². The minimum atomic E-state index is -0.114. The van der Waals surface area contributed by atoms with Gasteiger partial charge in [0.1, 0.15) is 0 Å². The average Bonchev–Trinajstić information content (AvgIpc) is 2.55. The van der Waals surface area contributed by atoms with E-state index in [0.29, 0.717) is 6.04 Å². The fourth-order valence-corrected chi connectivity index (χ4v) is 2.62. The zero-order chi connectivity index (χ0) is 10.7. The van der Waals surface area contributed by atoms with Crippen LogP contribution in [0.4, 0.5) is 0 Å². The first kappa shape index (κ1) is 11.4. The van der Waals surface area contributed by atoms with Gasteiger partial charge < -0.3 is 15.3 Å². The third kappa shape index (κ3) is 3.16. The lowest BCUT2D eigenvalue weighted by atomic mass is 9.85. The van der Waals surface area contributed by atoms with Gasteiger partial charge in [0.2, 0.25) is 0 Å². The van der Waals surface area contributed by atoms with Gasteiger partial charge in [0, 0.05) is 25.7 Å². The smallest absolute Gasteiger partial charge is 0.0680 e. The molecule has 2 rings (SSSR count). The van der Waals surface area contributed by atoms with Crippen LogP contribution < -0.4 is 5.32 Å². The Morgan fingerprint density at radius 3 is 2.60 bits per heavy atom. The van der Waals surface area contributed by atoms with Crippen LogP contribution in [0.15, 0.2) is 0 Å². The number of nitrogens with zero attached hydrogens (tertiary/aromatic N) is 1. The predicted octanol–water partition coefficient (Wildman–Crippen LogP) is 0.831. The SMILES string of the molecule is CCN(CC1CCC1)CC1CC(O)CN1. The molecular formula is C12H24N2O. The highest BCUT2D eigenvalue weighted by Gasteiger charge is 2.25. The lowest BCUT2D eigenvalue weighted by molar-refractivity contribution is 0.164. The topological polar surface area (TPSA) is 35.5 Å². The van der Waals surface area contributed by atoms with Gasteiger partial charge in [-0.15, -0.1) is 0 Å². The zero-order valence-corrected chi connectivity index (χ0v) is 9.78. The predicted molar refractivity (Wildman–Crippen MR) is 61.9 cm³/mol. The Morgan fingerprint density at radius 1 is 1.33 bits per heavy atom. The molecular weight excluding hydrogens is 188 g/mol. The number of hydrogen-bond acceptors (Lipinski definition) is 3. The van der Waals surface area contributed by atoms with Gasteiger partial charge in [-0.05, 0) is 31.7 Å². The molecule has 0 aromatic carbocycles. The number of aliphatic hydroxyl groups is 1. The van der Waals surface area contributed by atoms with E-state index in [1.807, 2.05) is 0 Å². The molecule has 2 unspecified atom stereocenters. The fraction of sp³-hybridized carbons (Fsp3) is 1.00. The molecule has 0 aromatic rings. The Balaban J connectivity index is 1.69. The third-order valence-electron chi connectivity index (χ3n) is 3.87. The normalized spacial score (nSPS) is 32.2. The molecule has 0 amide bonds. The molecule has 88 valence electrons. The lowest BCUT2D eigenvalue weighted by Crippen LogP contribution is -2.40. The molecule has 2 fully saturated rings. The summed E-state index contributed by atoms with van der Waals surface area (Å²) in [4.78, 5) is 2.54. The molecule has 0 spiro atoms. The number of hydrogen-bond donors (Lipinski definition) is 2. The van der Waals surface area contributed by atoms with Crippen molar-refractivity contribution in [3.8, 4) is 0 Å². The Hall–Kier alpha value is -0.120. The van der Waals surface area contributed by atoms with Gasteiger partial charge in [-0.25, -0.2) is 0 Å². The van der Waals surface area contributed by atoms with Gasteiger partial charge in [0.15, 0.2) is 0 Å². The number of rotatable bonds is 5. The van der Waals surface area contributed by atoms with Crippen LogP contribution in [0, 0.1) is 5.92 Å². The second-order valence-corrected chi connectivity index (χ2v) is 5.14. The number of nitrogens with one attached hydrogen (secondary N) is 1. The maximum atomic E-state index is 9.44. The Labute approximate surface area is 92.8 Å². The Kier molecular flexibility index (Phi) is 4.00. The van der Waals surface area contributed by atoms with E-state index in [1.165, 1.54) is 25.8 Å². The average molecular weight is 212 g/mol. The molecule has 0 radical (unpaired) electrons. The molecule has 1 heterocycles. The van der Waals surface area contributed by atoms with Crippen molar-refractivity contribution in [2.75, 3.05) is 26.2 Å². The Bertz CT molecular complexity index is 194. The van der Waals surface area contributed by atoms with E-state index in [4.69, 9.17) is 0 Å². The van der Waals surface area contributed by atoms with E-state index in [1.54, 1.807) is 0 Å². The number of likely N-dealkylation sites (N-methyl/N-ethyl adjacent to an activating group) is 1. The van der Waals surface area contributed by atoms with E-state index in [9.17, 15) is 5.11 Å². The minimum Gasteiger partial charge on any atom is -0.392 e. The quantitative estimate of drug-likeness (QED) is 0.708. The standard InChI is InChI=1S/C12H24N2O/c1-2-14(8-10-4-3-5-10)9-11-6-12(15)7-13-11/h10-13,15H,2-9H2,1H3. The first-order valence-electron chi connectivity index (χ1n) is 6.41. The summed E-state index contributed by atoms with van der Waals surface area (Å²) in [6.07, 6.45) is 5.11. The summed E-state index contributed by atoms with van der Waals surface area (Å²) in [5.41, 5.74) is 0. The van der Waals surface area contributed by atoms with Crippen LogP contribution in [0.1, 0.15) is 32.6 Å². The summed E-state index contributed by atoms with van der Waals surface area (Å²) in [6, 6.07) is 0.514. The monoisotopic (exact) mass is 212 g/mol. The van der Waals surface area contributed by atoms with Gasteiger partial charge in [-0.3, -0.25) is 0 Å². The summed E-state index contributed by atoms with van der Waals surface area (Å²) in [5, 5.41) is 12.8. The molecule has 15 heavy (non-hydrogen) atoms. The van der Waals surface area contributed by atoms with Crippen molar-refractivity contribution in [2.24, 2.45) is 5.92 Å². The van der Waals surface area contributed by atoms with Crippen molar-refractivity contribution >= 4 is 0 Å². The van der Waals surface area contributed by atoms with Crippen molar-refractivity contribution in [3.05, 3.63) is 0 Å². The van der Waals surface area contributed by atoms with Gasteiger partial charge >= 0.3 is 0 Å². The zero-order valence-electron chi connectivity index (χ0n) is 9.78. The van der Waals surface area contributed by atoms with Crippen molar-refractivity contribution in [2.45, 2.75) is 44.8 Å². The number of aliphatic hydroxyl groups excluding tert-OH is 1. The fourth-order valence-electron chi connectivity index (χ4n) is 2.62. The largest absolute Gasteiger partial charge is 0.392 e. The van der Waals surface area contributed by atoms with Crippen molar-refractivity contribution < 1.29 is 5.11 Å². The molecule has 2 atom stereocenters. The molecule has 3 nitrogen and oxygen atoms in total. The molecule has 2 N–H and O–H groups in total. The molecule has 3 heteroatoms. The van der Waals surface area contributed by atoms with Gasteiger partial charge in [0.25, 0.3) is 0 Å². The maximum Gasteiger partial charge on any atom is 0.0680 e. The van der Waals surface area contributed by atoms with E-state index in [2.05, 4.69) is 17.1 Å². The second-order valence-electron chi connectivity index (χ2n) is 5.14. The highest BCUT2D eigenvalue weighted by Crippen LogP contribution is 2.27. The molecule has 1 aliphatic heterocycles. The highest BCUT2D eigenvalue weighted by atomic mass is 16.3. The lowest BCUT2D eigenvalue weighted by Gasteiger charge is -2.33. The van der Waals surface area contributed by atoms with E-state index < -0.39 is 0 Å². The van der Waals surface area contributed by atoms with Crippen LogP contribution in [0.5, 0.6) is 0 Å². The van der Waals surface area contributed by atoms with Gasteiger partial charge in [-0.1, -0.05) is 13.3 Å². The highest BCUT2D eigenvalue weighted by molar-refractivity contribution is 4.84. The van der Waals surface area contributed by atoms with E-state index >= 15 is 0 Å². The van der Waals surface area contributed by atoms with Crippen LogP contribution in [0.2, 0.25) is 0 Å². The van der Waals surface area contributed by atoms with Crippen LogP contribution in [-0.4, -0.2) is 48.3 Å². The molecule has 1 aliphatic carbocycles. The summed E-state index contributed by atoms with van der Waals surface area (Å²) < 4.78 is 0. The summed E-state index contributed by atoms with van der Waals surface area (Å²) >= 11 is 0. The molecule has 0 aromatic heterocycles. The molecule has 1 saturated heterocycles. The Morgan fingerprint density at radius 2 is 2.13 bits per heavy atom. The van der Waals surface area contributed by atoms with E-state index in [0.717, 1.165) is 32.0 Å². The molecule has 0 bridgehead atoms. The van der Waals surface area contributed by atoms with Crippen molar-refractivity contribution in [1.82, 2.24) is 10.2 Å². The van der Waals surface area contributed by atoms with Crippen LogP contribution in [-0.2, 0) is 0 Å². The van der Waals surface area contributed by atoms with Crippen molar-refractivity contribution in [3.63, 3.8) is 0 Å². The first-order chi connectivity index (χ1) is 7.28. The second kappa shape index (κ2) is 5.28. The maximum absolute atomic E-state index is 9.44. The first-order valence-corrected chi connectivity index (χ1v) is 6.41. The minimum absolute atomic E-state index is 0.114. The summed E-state index contributed by atoms with van der Waals surface area (Å²) in [7, 11) is 0. The summed E-state index contributed by atoms with van der Waals surface area (Å²) in [6.45, 7) is 6.55. The van der Waals surface area contributed by atoms with Crippen LogP contribution >= 0.6 is 0 Å². The van der Waals surface area contributed by atoms with Gasteiger partial charge in [-0.2, -0.15) is 0 Å². The molecule has 2 aliphatic rings. The van der Waals surface area contributed by atoms with Crippen LogP contribution in [0.3, 0.4) is 0 Å². The molecule has 1 saturated carbocycles. The van der Waals surface area contributed by atoms with Crippen molar-refractivity contribution in [1.29, 1.82) is 0 Å². The third-order valence-corrected chi connectivity index (χ3v) is 3.87. The van der Waals surface area contributed by atoms with E-state index in [-0.39, 0.29) is 6.10 Å². The van der Waals surface area contributed by atoms with Crippen LogP contribution in [0.25, 0.3) is 0 Å². The summed E-state index contributed by atoms with van der Waals surface area (Å²) in [5.74, 6) is 0.955. The number of β-amino-alcohol motifs (C(OH)–C–C–N with tert-alkyl or cyclic N) is 1.